The number of amides is 1. The van der Waals surface area contributed by atoms with E-state index in [-0.39, 0.29) is 11.7 Å². The first kappa shape index (κ1) is 15.2. The smallest absolute Gasteiger partial charge is 0.292 e. The van der Waals surface area contributed by atoms with E-state index in [2.05, 4.69) is 10.1 Å². The normalized spacial score (nSPS) is 14.7. The van der Waals surface area contributed by atoms with Crippen LogP contribution in [0.4, 0.5) is 5.69 Å². The first-order valence-electron chi connectivity index (χ1n) is 7.40. The zero-order valence-corrected chi connectivity index (χ0v) is 13.2. The highest BCUT2D eigenvalue weighted by molar-refractivity contribution is 5.91. The van der Waals surface area contributed by atoms with Gasteiger partial charge < -0.3 is 23.8 Å². The van der Waals surface area contributed by atoms with Gasteiger partial charge in [-0.2, -0.15) is 0 Å². The van der Waals surface area contributed by atoms with Gasteiger partial charge >= 0.3 is 0 Å². The Bertz CT molecular complexity index is 677. The average molecular weight is 317 g/mol. The van der Waals surface area contributed by atoms with Crippen molar-refractivity contribution in [2.75, 3.05) is 45.3 Å². The molecule has 0 atom stereocenters. The van der Waals surface area contributed by atoms with E-state index < -0.39 is 0 Å². The lowest BCUT2D eigenvalue weighted by Crippen LogP contribution is -2.48. The average Bonchev–Trinajstić information content (AvgIpc) is 3.10. The second-order valence-electron chi connectivity index (χ2n) is 5.21. The molecular formula is C16H19N3O4. The number of benzene rings is 1. The highest BCUT2D eigenvalue weighted by Gasteiger charge is 2.25. The molecule has 0 bridgehead atoms. The number of rotatable bonds is 4. The Kier molecular flexibility index (Phi) is 4.36. The molecule has 3 rings (SSSR count). The van der Waals surface area contributed by atoms with Crippen molar-refractivity contribution in [1.29, 1.82) is 0 Å². The third kappa shape index (κ3) is 3.23. The standard InChI is InChI=1S/C16H19N3O4/c1-21-13-5-3-4-12(10-13)18-6-8-19(9-7-18)16(20)14-11-15(22-2)17-23-14/h3-5,10-11H,6-9H2,1-2H3. The minimum absolute atomic E-state index is 0.161. The van der Waals surface area contributed by atoms with E-state index in [0.717, 1.165) is 24.5 Å². The topological polar surface area (TPSA) is 68.0 Å². The molecule has 0 unspecified atom stereocenters. The van der Waals surface area contributed by atoms with Crippen LogP contribution in [0.25, 0.3) is 0 Å². The van der Waals surface area contributed by atoms with Crippen LogP contribution in [0.15, 0.2) is 34.9 Å². The molecule has 1 aliphatic heterocycles. The molecule has 1 aliphatic rings. The van der Waals surface area contributed by atoms with Crippen molar-refractivity contribution >= 4 is 11.6 Å². The number of piperazine rings is 1. The maximum Gasteiger partial charge on any atom is 0.292 e. The minimum atomic E-state index is -0.161. The predicted octanol–water partition coefficient (Wildman–Crippen LogP) is 1.65. The zero-order chi connectivity index (χ0) is 16.2. The fraction of sp³-hybridized carbons (Fsp3) is 0.375. The van der Waals surface area contributed by atoms with Crippen LogP contribution in [-0.4, -0.2) is 56.4 Å². The van der Waals surface area contributed by atoms with Gasteiger partial charge in [-0.05, 0) is 17.3 Å². The lowest BCUT2D eigenvalue weighted by Gasteiger charge is -2.35. The van der Waals surface area contributed by atoms with Crippen molar-refractivity contribution in [3.8, 4) is 11.6 Å². The Morgan fingerprint density at radius 1 is 1.13 bits per heavy atom. The highest BCUT2D eigenvalue weighted by Crippen LogP contribution is 2.22. The number of anilines is 1. The van der Waals surface area contributed by atoms with E-state index in [1.807, 2.05) is 24.3 Å². The van der Waals surface area contributed by atoms with Crippen LogP contribution in [-0.2, 0) is 0 Å². The van der Waals surface area contributed by atoms with Crippen LogP contribution >= 0.6 is 0 Å². The molecule has 0 saturated carbocycles. The van der Waals surface area contributed by atoms with Crippen LogP contribution < -0.4 is 14.4 Å². The van der Waals surface area contributed by atoms with Gasteiger partial charge in [-0.25, -0.2) is 0 Å². The summed E-state index contributed by atoms with van der Waals surface area (Å²) in [6.07, 6.45) is 0. The van der Waals surface area contributed by atoms with Gasteiger partial charge in [0.2, 0.25) is 5.76 Å². The molecule has 1 saturated heterocycles. The summed E-state index contributed by atoms with van der Waals surface area (Å²) in [5.41, 5.74) is 1.10. The maximum atomic E-state index is 12.4. The SMILES string of the molecule is COc1cccc(N2CCN(C(=O)c3cc(OC)no3)CC2)c1. The van der Waals surface area contributed by atoms with Gasteiger partial charge in [0.15, 0.2) is 0 Å². The third-order valence-electron chi connectivity index (χ3n) is 3.89. The molecule has 7 nitrogen and oxygen atoms in total. The molecule has 1 aromatic heterocycles. The van der Waals surface area contributed by atoms with Crippen molar-refractivity contribution in [2.24, 2.45) is 0 Å². The zero-order valence-electron chi connectivity index (χ0n) is 13.2. The van der Waals surface area contributed by atoms with Crippen molar-refractivity contribution in [3.63, 3.8) is 0 Å². The van der Waals surface area contributed by atoms with Gasteiger partial charge in [0.05, 0.1) is 20.3 Å². The molecule has 0 N–H and O–H groups in total. The molecular weight excluding hydrogens is 298 g/mol. The van der Waals surface area contributed by atoms with Gasteiger partial charge in [-0.15, -0.1) is 0 Å². The van der Waals surface area contributed by atoms with Crippen LogP contribution in [0.3, 0.4) is 0 Å². The molecule has 0 radical (unpaired) electrons. The fourth-order valence-electron chi connectivity index (χ4n) is 2.59. The summed E-state index contributed by atoms with van der Waals surface area (Å²) in [4.78, 5) is 16.4. The Labute approximate surface area is 134 Å². The molecule has 0 spiro atoms. The molecule has 1 fully saturated rings. The Morgan fingerprint density at radius 2 is 1.91 bits per heavy atom. The molecule has 1 aromatic carbocycles. The number of hydrogen-bond donors (Lipinski definition) is 0. The number of ether oxygens (including phenoxy) is 2. The van der Waals surface area contributed by atoms with E-state index in [4.69, 9.17) is 14.0 Å². The molecule has 122 valence electrons. The summed E-state index contributed by atoms with van der Waals surface area (Å²) in [5.74, 6) is 1.18. The fourth-order valence-corrected chi connectivity index (χ4v) is 2.59. The second kappa shape index (κ2) is 6.60. The van der Waals surface area contributed by atoms with Crippen molar-refractivity contribution in [1.82, 2.24) is 10.1 Å². The first-order chi connectivity index (χ1) is 11.2. The van der Waals surface area contributed by atoms with Gasteiger partial charge in [0.25, 0.3) is 11.8 Å². The molecule has 23 heavy (non-hydrogen) atoms. The quantitative estimate of drug-likeness (QED) is 0.854. The van der Waals surface area contributed by atoms with Crippen molar-refractivity contribution in [3.05, 3.63) is 36.1 Å². The number of carbonyl (C=O) groups is 1. The molecule has 2 aromatic rings. The number of carbonyl (C=O) groups excluding carboxylic acids is 1. The van der Waals surface area contributed by atoms with E-state index in [1.165, 1.54) is 13.2 Å². The molecule has 7 heteroatoms. The number of nitrogens with zero attached hydrogens (tertiary/aromatic N) is 3. The predicted molar refractivity (Wildman–Crippen MR) is 84.2 cm³/mol. The van der Waals surface area contributed by atoms with E-state index in [0.29, 0.717) is 19.0 Å². The van der Waals surface area contributed by atoms with Gasteiger partial charge in [0.1, 0.15) is 5.75 Å². The van der Waals surface area contributed by atoms with Crippen LogP contribution in [0.5, 0.6) is 11.6 Å². The Hall–Kier alpha value is -2.70. The monoisotopic (exact) mass is 317 g/mol. The first-order valence-corrected chi connectivity index (χ1v) is 7.40. The van der Waals surface area contributed by atoms with E-state index in [9.17, 15) is 4.79 Å². The van der Waals surface area contributed by atoms with Crippen molar-refractivity contribution in [2.45, 2.75) is 0 Å². The summed E-state index contributed by atoms with van der Waals surface area (Å²) >= 11 is 0. The molecule has 2 heterocycles. The largest absolute Gasteiger partial charge is 0.497 e. The van der Waals surface area contributed by atoms with Gasteiger partial charge in [-0.1, -0.05) is 6.07 Å². The van der Waals surface area contributed by atoms with Gasteiger partial charge in [-0.3, -0.25) is 4.79 Å². The van der Waals surface area contributed by atoms with E-state index in [1.54, 1.807) is 12.0 Å². The van der Waals surface area contributed by atoms with Gasteiger partial charge in [0, 0.05) is 37.9 Å². The summed E-state index contributed by atoms with van der Waals surface area (Å²) in [5, 5.41) is 3.66. The van der Waals surface area contributed by atoms with Crippen LogP contribution in [0.1, 0.15) is 10.6 Å². The number of methoxy groups -OCH3 is 2. The number of aromatic nitrogens is 1. The van der Waals surface area contributed by atoms with Crippen LogP contribution in [0, 0.1) is 0 Å². The molecule has 0 aliphatic carbocycles. The third-order valence-corrected chi connectivity index (χ3v) is 3.89. The lowest BCUT2D eigenvalue weighted by atomic mass is 10.2. The lowest BCUT2D eigenvalue weighted by molar-refractivity contribution is 0.0704. The summed E-state index contributed by atoms with van der Waals surface area (Å²) in [7, 11) is 3.14. The van der Waals surface area contributed by atoms with Crippen LogP contribution in [0.2, 0.25) is 0 Å². The summed E-state index contributed by atoms with van der Waals surface area (Å²) in [6, 6.07) is 9.43. The number of hydrogen-bond acceptors (Lipinski definition) is 6. The summed E-state index contributed by atoms with van der Waals surface area (Å²) < 4.78 is 15.2. The summed E-state index contributed by atoms with van der Waals surface area (Å²) in [6.45, 7) is 2.76. The highest BCUT2D eigenvalue weighted by atomic mass is 16.5. The maximum absolute atomic E-state index is 12.4. The Morgan fingerprint density at radius 3 is 2.57 bits per heavy atom. The second-order valence-corrected chi connectivity index (χ2v) is 5.21. The molecule has 1 amide bonds. The van der Waals surface area contributed by atoms with E-state index >= 15 is 0 Å². The van der Waals surface area contributed by atoms with Crippen molar-refractivity contribution < 1.29 is 18.8 Å². The Balaban J connectivity index is 1.62. The minimum Gasteiger partial charge on any atom is -0.497 e.